The van der Waals surface area contributed by atoms with Crippen molar-refractivity contribution in [1.82, 2.24) is 14.5 Å². The summed E-state index contributed by atoms with van der Waals surface area (Å²) in [7, 11) is -2.09. The van der Waals surface area contributed by atoms with Crippen LogP contribution in [0.5, 0.6) is 0 Å². The first-order valence-corrected chi connectivity index (χ1v) is 12.2. The molecule has 0 aliphatic carbocycles. The second kappa shape index (κ2) is 11.8. The van der Waals surface area contributed by atoms with Gasteiger partial charge in [-0.25, -0.2) is 12.7 Å². The molecule has 0 aliphatic rings. The van der Waals surface area contributed by atoms with E-state index in [4.69, 9.17) is 0 Å². The summed E-state index contributed by atoms with van der Waals surface area (Å²) in [6.45, 7) is 6.54. The number of sulfonamides is 1. The zero-order valence-electron chi connectivity index (χ0n) is 19.2. The number of carbonyl (C=O) groups is 2. The lowest BCUT2D eigenvalue weighted by atomic mass is 10.1. The zero-order chi connectivity index (χ0) is 23.7. The number of benzene rings is 2. The molecule has 2 rings (SSSR count). The molecule has 2 aromatic carbocycles. The fourth-order valence-electron chi connectivity index (χ4n) is 3.28. The molecule has 0 spiro atoms. The van der Waals surface area contributed by atoms with Gasteiger partial charge in [-0.2, -0.15) is 0 Å². The number of hydrogen-bond acceptors (Lipinski definition) is 4. The van der Waals surface area contributed by atoms with Gasteiger partial charge in [0.15, 0.2) is 0 Å². The van der Waals surface area contributed by atoms with Crippen LogP contribution < -0.4 is 5.32 Å². The van der Waals surface area contributed by atoms with Crippen LogP contribution in [0.25, 0.3) is 0 Å². The van der Waals surface area contributed by atoms with Crippen molar-refractivity contribution in [2.45, 2.75) is 51.1 Å². The maximum Gasteiger partial charge on any atom is 0.242 e. The number of carbonyl (C=O) groups excluding carboxylic acids is 2. The van der Waals surface area contributed by atoms with E-state index in [9.17, 15) is 18.0 Å². The van der Waals surface area contributed by atoms with E-state index in [1.54, 1.807) is 42.2 Å². The third-order valence-electron chi connectivity index (χ3n) is 5.31. The Morgan fingerprint density at radius 3 is 2.25 bits per heavy atom. The summed E-state index contributed by atoms with van der Waals surface area (Å²) in [5.41, 5.74) is 2.05. The quantitative estimate of drug-likeness (QED) is 0.560. The highest BCUT2D eigenvalue weighted by Crippen LogP contribution is 2.16. The van der Waals surface area contributed by atoms with Crippen LogP contribution in [0.1, 0.15) is 37.8 Å². The van der Waals surface area contributed by atoms with Crippen LogP contribution in [-0.2, 0) is 26.2 Å². The fraction of sp³-hybridized carbons (Fsp3) is 0.417. The fourth-order valence-corrected chi connectivity index (χ4v) is 4.51. The van der Waals surface area contributed by atoms with Crippen molar-refractivity contribution >= 4 is 21.8 Å². The number of nitrogens with zero attached hydrogens (tertiary/aromatic N) is 2. The van der Waals surface area contributed by atoms with Crippen LogP contribution in [0, 0.1) is 6.92 Å². The van der Waals surface area contributed by atoms with E-state index >= 15 is 0 Å². The van der Waals surface area contributed by atoms with Crippen molar-refractivity contribution in [2.75, 3.05) is 20.1 Å². The van der Waals surface area contributed by atoms with Crippen molar-refractivity contribution in [2.24, 2.45) is 0 Å². The van der Waals surface area contributed by atoms with Crippen molar-refractivity contribution in [1.29, 1.82) is 0 Å². The second-order valence-electron chi connectivity index (χ2n) is 7.82. The molecule has 0 unspecified atom stereocenters. The first kappa shape index (κ1) is 25.5. The minimum atomic E-state index is -3.60. The number of rotatable bonds is 11. The first-order valence-electron chi connectivity index (χ1n) is 10.8. The van der Waals surface area contributed by atoms with E-state index in [1.165, 1.54) is 11.4 Å². The van der Waals surface area contributed by atoms with E-state index in [1.807, 2.05) is 38.1 Å². The highest BCUT2D eigenvalue weighted by atomic mass is 32.2. The standard InChI is InChI=1S/C24H33N3O4S/c1-5-25-24(29)20(3)27(18-21-15-13-19(2)14-16-21)23(28)12-9-17-26(4)32(30,31)22-10-7-6-8-11-22/h6-8,10-11,13-16,20H,5,9,12,17-18H2,1-4H3,(H,25,29)/t20-/m0/s1. The Bertz CT molecular complexity index is 992. The number of nitrogens with one attached hydrogen (secondary N) is 1. The molecule has 0 fully saturated rings. The molecule has 0 bridgehead atoms. The highest BCUT2D eigenvalue weighted by molar-refractivity contribution is 7.89. The van der Waals surface area contributed by atoms with Crippen LogP contribution in [0.3, 0.4) is 0 Å². The smallest absolute Gasteiger partial charge is 0.242 e. The third-order valence-corrected chi connectivity index (χ3v) is 7.18. The van der Waals surface area contributed by atoms with Gasteiger partial charge in [0.1, 0.15) is 6.04 Å². The molecule has 1 atom stereocenters. The molecule has 0 saturated carbocycles. The molecule has 0 aromatic heterocycles. The van der Waals surface area contributed by atoms with E-state index in [0.717, 1.165) is 11.1 Å². The van der Waals surface area contributed by atoms with Gasteiger partial charge in [0, 0.05) is 33.1 Å². The Hall–Kier alpha value is -2.71. The third kappa shape index (κ3) is 6.90. The highest BCUT2D eigenvalue weighted by Gasteiger charge is 2.26. The molecular weight excluding hydrogens is 426 g/mol. The molecule has 0 heterocycles. The number of hydrogen-bond donors (Lipinski definition) is 1. The second-order valence-corrected chi connectivity index (χ2v) is 9.87. The van der Waals surface area contributed by atoms with Crippen LogP contribution in [0.15, 0.2) is 59.5 Å². The largest absolute Gasteiger partial charge is 0.355 e. The Morgan fingerprint density at radius 2 is 1.66 bits per heavy atom. The van der Waals surface area contributed by atoms with E-state index in [2.05, 4.69) is 5.32 Å². The molecule has 0 radical (unpaired) electrons. The summed E-state index contributed by atoms with van der Waals surface area (Å²) in [4.78, 5) is 27.2. The maximum absolute atomic E-state index is 13.0. The van der Waals surface area contributed by atoms with Gasteiger partial charge in [0.05, 0.1) is 4.90 Å². The first-order chi connectivity index (χ1) is 15.2. The molecule has 0 saturated heterocycles. The van der Waals surface area contributed by atoms with Gasteiger partial charge in [-0.3, -0.25) is 9.59 Å². The Morgan fingerprint density at radius 1 is 1.03 bits per heavy atom. The van der Waals surface area contributed by atoms with Gasteiger partial charge in [0.25, 0.3) is 0 Å². The minimum absolute atomic E-state index is 0.143. The Kier molecular flexibility index (Phi) is 9.41. The van der Waals surface area contributed by atoms with Gasteiger partial charge in [-0.15, -0.1) is 0 Å². The molecule has 2 aromatic rings. The summed E-state index contributed by atoms with van der Waals surface area (Å²) in [5, 5.41) is 2.77. The van der Waals surface area contributed by atoms with Gasteiger partial charge < -0.3 is 10.2 Å². The summed E-state index contributed by atoms with van der Waals surface area (Å²) in [5.74, 6) is -0.397. The molecule has 7 nitrogen and oxygen atoms in total. The average Bonchev–Trinajstić information content (AvgIpc) is 2.78. The number of amides is 2. The van der Waals surface area contributed by atoms with Crippen molar-refractivity contribution in [3.8, 4) is 0 Å². The van der Waals surface area contributed by atoms with E-state index in [0.29, 0.717) is 19.5 Å². The summed E-state index contributed by atoms with van der Waals surface area (Å²) in [6, 6.07) is 15.4. The average molecular weight is 460 g/mol. The van der Waals surface area contributed by atoms with Crippen LogP contribution >= 0.6 is 0 Å². The predicted octanol–water partition coefficient (Wildman–Crippen LogP) is 2.95. The molecule has 0 aliphatic heterocycles. The number of likely N-dealkylation sites (N-methyl/N-ethyl adjacent to an activating group) is 1. The van der Waals surface area contributed by atoms with E-state index in [-0.39, 0.29) is 29.7 Å². The summed E-state index contributed by atoms with van der Waals surface area (Å²) in [6.07, 6.45) is 0.498. The lowest BCUT2D eigenvalue weighted by Gasteiger charge is -2.29. The monoisotopic (exact) mass is 459 g/mol. The predicted molar refractivity (Wildman–Crippen MR) is 125 cm³/mol. The minimum Gasteiger partial charge on any atom is -0.355 e. The molecule has 1 N–H and O–H groups in total. The lowest BCUT2D eigenvalue weighted by Crippen LogP contribution is -2.47. The van der Waals surface area contributed by atoms with Gasteiger partial charge in [0.2, 0.25) is 21.8 Å². The van der Waals surface area contributed by atoms with Crippen molar-refractivity contribution < 1.29 is 18.0 Å². The van der Waals surface area contributed by atoms with Crippen LogP contribution in [0.2, 0.25) is 0 Å². The molecule has 32 heavy (non-hydrogen) atoms. The van der Waals surface area contributed by atoms with Crippen molar-refractivity contribution in [3.05, 3.63) is 65.7 Å². The normalized spacial score (nSPS) is 12.4. The van der Waals surface area contributed by atoms with Crippen molar-refractivity contribution in [3.63, 3.8) is 0 Å². The summed E-state index contributed by atoms with van der Waals surface area (Å²) < 4.78 is 26.6. The molecule has 8 heteroatoms. The van der Waals surface area contributed by atoms with Crippen LogP contribution in [-0.4, -0.2) is 55.6 Å². The van der Waals surface area contributed by atoms with Crippen LogP contribution in [0.4, 0.5) is 0 Å². The van der Waals surface area contributed by atoms with Gasteiger partial charge in [-0.1, -0.05) is 48.0 Å². The van der Waals surface area contributed by atoms with Gasteiger partial charge in [-0.05, 0) is 44.9 Å². The number of aryl methyl sites for hydroxylation is 1. The van der Waals surface area contributed by atoms with Gasteiger partial charge >= 0.3 is 0 Å². The SMILES string of the molecule is CCNC(=O)[C@H](C)N(Cc1ccc(C)cc1)C(=O)CCCN(C)S(=O)(=O)c1ccccc1. The Labute approximate surface area is 191 Å². The molecular formula is C24H33N3O4S. The topological polar surface area (TPSA) is 86.8 Å². The Balaban J connectivity index is 2.05. The summed E-state index contributed by atoms with van der Waals surface area (Å²) >= 11 is 0. The van der Waals surface area contributed by atoms with E-state index < -0.39 is 16.1 Å². The molecule has 174 valence electrons. The lowest BCUT2D eigenvalue weighted by molar-refractivity contribution is -0.140. The zero-order valence-corrected chi connectivity index (χ0v) is 20.1. The molecule has 2 amide bonds. The maximum atomic E-state index is 13.0.